The van der Waals surface area contributed by atoms with E-state index in [-0.39, 0.29) is 17.6 Å². The van der Waals surface area contributed by atoms with Gasteiger partial charge in [0, 0.05) is 19.0 Å². The summed E-state index contributed by atoms with van der Waals surface area (Å²) in [6, 6.07) is 7.07. The number of hydrogen-bond acceptors (Lipinski definition) is 3. The van der Waals surface area contributed by atoms with E-state index in [1.165, 1.54) is 0 Å². The summed E-state index contributed by atoms with van der Waals surface area (Å²) >= 11 is 0. The van der Waals surface area contributed by atoms with E-state index < -0.39 is 0 Å². The zero-order chi connectivity index (χ0) is 12.0. The Hall–Kier alpha value is -1.55. The number of phenolic OH excluding ortho intramolecular Hbond substituents is 1. The number of nitrogens with two attached hydrogens (primary N) is 1. The van der Waals surface area contributed by atoms with E-state index in [1.54, 1.807) is 18.2 Å². The Balaban J connectivity index is 1.67. The van der Waals surface area contributed by atoms with Gasteiger partial charge in [0.05, 0.1) is 0 Å². The minimum atomic E-state index is 0.178. The minimum absolute atomic E-state index is 0.178. The van der Waals surface area contributed by atoms with Crippen LogP contribution < -0.4 is 5.73 Å². The largest absolute Gasteiger partial charge is 0.508 e. The molecule has 2 fully saturated rings. The van der Waals surface area contributed by atoms with Gasteiger partial charge < -0.3 is 15.7 Å². The lowest BCUT2D eigenvalue weighted by Crippen LogP contribution is -2.30. The maximum absolute atomic E-state index is 12.0. The fraction of sp³-hybridized carbons (Fsp3) is 0.462. The molecule has 3 N–H and O–H groups in total. The third-order valence-corrected chi connectivity index (χ3v) is 3.92. The number of piperidine rings is 1. The van der Waals surface area contributed by atoms with E-state index >= 15 is 0 Å². The zero-order valence-corrected chi connectivity index (χ0v) is 9.54. The lowest BCUT2D eigenvalue weighted by Gasteiger charge is -2.19. The van der Waals surface area contributed by atoms with E-state index in [2.05, 4.69) is 0 Å². The average Bonchev–Trinajstić information content (AvgIpc) is 2.91. The number of nitrogens with zero attached hydrogens (tertiary/aromatic N) is 1. The molecule has 2 aliphatic rings. The third kappa shape index (κ3) is 1.69. The molecule has 4 heteroatoms. The van der Waals surface area contributed by atoms with Crippen LogP contribution in [0.25, 0.3) is 0 Å². The van der Waals surface area contributed by atoms with Crippen LogP contribution in [0, 0.1) is 17.8 Å². The van der Waals surface area contributed by atoms with Gasteiger partial charge in [0.2, 0.25) is 5.91 Å². The maximum Gasteiger partial charge on any atom is 0.226 e. The van der Waals surface area contributed by atoms with E-state index in [1.807, 2.05) is 11.0 Å². The Labute approximate surface area is 100 Å². The van der Waals surface area contributed by atoms with E-state index in [9.17, 15) is 9.90 Å². The van der Waals surface area contributed by atoms with Gasteiger partial charge in [-0.25, -0.2) is 0 Å². The molecule has 3 atom stereocenters. The van der Waals surface area contributed by atoms with Crippen LogP contribution in [0.3, 0.4) is 0 Å². The van der Waals surface area contributed by atoms with Crippen molar-refractivity contribution in [3.63, 3.8) is 0 Å². The van der Waals surface area contributed by atoms with Gasteiger partial charge in [-0.2, -0.15) is 0 Å². The van der Waals surface area contributed by atoms with Crippen molar-refractivity contribution < 1.29 is 9.90 Å². The number of rotatable bonds is 3. The molecule has 0 bridgehead atoms. The molecular weight excluding hydrogens is 216 g/mol. The summed E-state index contributed by atoms with van der Waals surface area (Å²) in [5, 5.41) is 9.37. The second-order valence-electron chi connectivity index (χ2n) is 4.98. The summed E-state index contributed by atoms with van der Waals surface area (Å²) < 4.78 is 0. The van der Waals surface area contributed by atoms with E-state index in [0.29, 0.717) is 24.9 Å². The Morgan fingerprint density at radius 2 is 2.29 bits per heavy atom. The monoisotopic (exact) mass is 232 g/mol. The zero-order valence-electron chi connectivity index (χ0n) is 9.54. The Kier molecular flexibility index (Phi) is 2.33. The standard InChI is InChI=1S/C13H16N2O2/c14-5-10-11-7-15(13(17)12(10)11)6-8-2-1-3-9(16)4-8/h1-4,10-12,16H,5-7,14H2. The molecule has 17 heavy (non-hydrogen) atoms. The smallest absolute Gasteiger partial charge is 0.226 e. The molecule has 1 saturated carbocycles. The van der Waals surface area contributed by atoms with Crippen LogP contribution in [0.2, 0.25) is 0 Å². The number of carbonyl (C=O) groups excluding carboxylic acids is 1. The molecular formula is C13H16N2O2. The molecule has 0 spiro atoms. The first-order valence-corrected chi connectivity index (χ1v) is 5.97. The van der Waals surface area contributed by atoms with Crippen LogP contribution in [-0.2, 0) is 11.3 Å². The highest BCUT2D eigenvalue weighted by Gasteiger charge is 2.60. The highest BCUT2D eigenvalue weighted by molar-refractivity contribution is 5.85. The van der Waals surface area contributed by atoms with Crippen molar-refractivity contribution >= 4 is 5.91 Å². The molecule has 1 amide bonds. The van der Waals surface area contributed by atoms with Gasteiger partial charge in [0.1, 0.15) is 5.75 Å². The van der Waals surface area contributed by atoms with Crippen molar-refractivity contribution in [2.24, 2.45) is 23.5 Å². The third-order valence-electron chi connectivity index (χ3n) is 3.92. The van der Waals surface area contributed by atoms with Gasteiger partial charge in [0.25, 0.3) is 0 Å². The molecule has 4 nitrogen and oxygen atoms in total. The van der Waals surface area contributed by atoms with Crippen molar-refractivity contribution in [3.05, 3.63) is 29.8 Å². The molecule has 0 radical (unpaired) electrons. The lowest BCUT2D eigenvalue weighted by molar-refractivity contribution is -0.131. The number of aromatic hydroxyl groups is 1. The van der Waals surface area contributed by atoms with Gasteiger partial charge in [-0.1, -0.05) is 12.1 Å². The molecule has 1 aromatic carbocycles. The second-order valence-corrected chi connectivity index (χ2v) is 4.98. The first kappa shape index (κ1) is 10.6. The molecule has 3 rings (SSSR count). The number of amides is 1. The Bertz CT molecular complexity index is 460. The van der Waals surface area contributed by atoms with Gasteiger partial charge in [-0.05, 0) is 36.1 Å². The molecule has 3 unspecified atom stereocenters. The molecule has 1 aromatic rings. The topological polar surface area (TPSA) is 66.6 Å². The highest BCUT2D eigenvalue weighted by Crippen LogP contribution is 2.52. The molecule has 1 heterocycles. The van der Waals surface area contributed by atoms with Gasteiger partial charge in [-0.15, -0.1) is 0 Å². The van der Waals surface area contributed by atoms with Gasteiger partial charge in [0.15, 0.2) is 0 Å². The molecule has 90 valence electrons. The summed E-state index contributed by atoms with van der Waals surface area (Å²) in [5.41, 5.74) is 6.58. The van der Waals surface area contributed by atoms with Crippen LogP contribution in [0.5, 0.6) is 5.75 Å². The average molecular weight is 232 g/mol. The highest BCUT2D eigenvalue weighted by atomic mass is 16.3. The van der Waals surface area contributed by atoms with Crippen LogP contribution in [0.4, 0.5) is 0 Å². The summed E-state index contributed by atoms with van der Waals surface area (Å²) in [5.74, 6) is 1.55. The predicted octanol–water partition coefficient (Wildman–Crippen LogP) is 0.555. The van der Waals surface area contributed by atoms with Crippen LogP contribution >= 0.6 is 0 Å². The van der Waals surface area contributed by atoms with Crippen molar-refractivity contribution in [1.29, 1.82) is 0 Å². The molecule has 0 aromatic heterocycles. The second kappa shape index (κ2) is 3.74. The maximum atomic E-state index is 12.0. The fourth-order valence-electron chi connectivity index (χ4n) is 2.95. The van der Waals surface area contributed by atoms with Crippen molar-refractivity contribution in [1.82, 2.24) is 4.90 Å². The van der Waals surface area contributed by atoms with E-state index in [0.717, 1.165) is 12.1 Å². The van der Waals surface area contributed by atoms with E-state index in [4.69, 9.17) is 5.73 Å². The van der Waals surface area contributed by atoms with Crippen LogP contribution in [0.1, 0.15) is 5.56 Å². The molecule has 1 aliphatic heterocycles. The first-order chi connectivity index (χ1) is 8.20. The molecule has 1 saturated heterocycles. The summed E-state index contributed by atoms with van der Waals surface area (Å²) in [4.78, 5) is 13.9. The first-order valence-electron chi connectivity index (χ1n) is 5.97. The Morgan fingerprint density at radius 1 is 1.47 bits per heavy atom. The van der Waals surface area contributed by atoms with Gasteiger partial charge in [-0.3, -0.25) is 4.79 Å². The summed E-state index contributed by atoms with van der Waals surface area (Å²) in [6.07, 6.45) is 0. The minimum Gasteiger partial charge on any atom is -0.508 e. The van der Waals surface area contributed by atoms with Gasteiger partial charge >= 0.3 is 0 Å². The van der Waals surface area contributed by atoms with Crippen LogP contribution in [0.15, 0.2) is 24.3 Å². The number of carbonyl (C=O) groups is 1. The Morgan fingerprint density at radius 3 is 2.88 bits per heavy atom. The predicted molar refractivity (Wildman–Crippen MR) is 63.0 cm³/mol. The number of fused-ring (bicyclic) bond motifs is 1. The van der Waals surface area contributed by atoms with Crippen molar-refractivity contribution in [3.8, 4) is 5.75 Å². The number of likely N-dealkylation sites (tertiary alicyclic amines) is 1. The fourth-order valence-corrected chi connectivity index (χ4v) is 2.95. The SMILES string of the molecule is NCC1C2CN(Cc3cccc(O)c3)C(=O)C12. The number of benzene rings is 1. The summed E-state index contributed by atoms with van der Waals surface area (Å²) in [6.45, 7) is 2.04. The van der Waals surface area contributed by atoms with Crippen molar-refractivity contribution in [2.75, 3.05) is 13.1 Å². The number of phenols is 1. The number of hydrogen-bond donors (Lipinski definition) is 2. The quantitative estimate of drug-likeness (QED) is 0.800. The summed E-state index contributed by atoms with van der Waals surface area (Å²) in [7, 11) is 0. The molecule has 1 aliphatic carbocycles. The lowest BCUT2D eigenvalue weighted by atomic mass is 10.2. The normalized spacial score (nSPS) is 30.5. The van der Waals surface area contributed by atoms with Crippen molar-refractivity contribution in [2.45, 2.75) is 6.54 Å². The van der Waals surface area contributed by atoms with Crippen LogP contribution in [-0.4, -0.2) is 29.0 Å².